The van der Waals surface area contributed by atoms with E-state index in [4.69, 9.17) is 24.4 Å². The summed E-state index contributed by atoms with van der Waals surface area (Å²) < 4.78 is 16.3. The van der Waals surface area contributed by atoms with Crippen molar-refractivity contribution in [2.75, 3.05) is 6.61 Å². The van der Waals surface area contributed by atoms with Crippen LogP contribution in [0.5, 0.6) is 5.75 Å². The van der Waals surface area contributed by atoms with Crippen LogP contribution in [0.3, 0.4) is 0 Å². The maximum Gasteiger partial charge on any atom is 0.336 e. The molecule has 176 valence electrons. The molecular weight excluding hydrogens is 412 g/mol. The summed E-state index contributed by atoms with van der Waals surface area (Å²) in [5.41, 5.74) is 0.540. The van der Waals surface area contributed by atoms with E-state index in [0.29, 0.717) is 23.8 Å². The van der Waals surface area contributed by atoms with Crippen LogP contribution in [0.15, 0.2) is 36.4 Å². The standard InChI is InChI=1S/C25H34O7/c1-2-3-4-6-17-8-10-18(11-9-17)7-5-16-30-20-14-12-19(13-15-20)25-31-21(23(26)27)22(32-25)24(28)29/h5,7,12-15,17-18,21-22,25H,2-4,6,8-11,16H2,1H3,(H,26,27)(H,28,29)/b7-5+/t17?,18?,21-,22-/m1/s1. The van der Waals surface area contributed by atoms with Gasteiger partial charge in [0.05, 0.1) is 0 Å². The third-order valence-corrected chi connectivity index (χ3v) is 6.32. The van der Waals surface area contributed by atoms with Crippen LogP contribution in [-0.2, 0) is 19.1 Å². The number of ether oxygens (including phenoxy) is 3. The van der Waals surface area contributed by atoms with Crippen molar-refractivity contribution in [1.82, 2.24) is 0 Å². The Hall–Kier alpha value is -2.38. The number of rotatable bonds is 11. The molecule has 2 fully saturated rings. The lowest BCUT2D eigenvalue weighted by Crippen LogP contribution is -2.36. The van der Waals surface area contributed by atoms with Crippen LogP contribution >= 0.6 is 0 Å². The lowest BCUT2D eigenvalue weighted by molar-refractivity contribution is -0.156. The number of allylic oxidation sites excluding steroid dienone is 1. The summed E-state index contributed by atoms with van der Waals surface area (Å²) >= 11 is 0. The molecule has 3 rings (SSSR count). The molecule has 1 aromatic carbocycles. The van der Waals surface area contributed by atoms with E-state index < -0.39 is 30.4 Å². The second-order valence-corrected chi connectivity index (χ2v) is 8.71. The molecule has 0 unspecified atom stereocenters. The Morgan fingerprint density at radius 1 is 1.00 bits per heavy atom. The van der Waals surface area contributed by atoms with Crippen molar-refractivity contribution in [2.45, 2.75) is 76.8 Å². The Morgan fingerprint density at radius 3 is 2.19 bits per heavy atom. The second-order valence-electron chi connectivity index (χ2n) is 8.71. The van der Waals surface area contributed by atoms with Gasteiger partial charge in [0, 0.05) is 5.56 Å². The number of hydrogen-bond acceptors (Lipinski definition) is 5. The molecular formula is C25H34O7. The molecule has 1 heterocycles. The van der Waals surface area contributed by atoms with Gasteiger partial charge in [-0.15, -0.1) is 0 Å². The zero-order valence-corrected chi connectivity index (χ0v) is 18.7. The van der Waals surface area contributed by atoms with Crippen molar-refractivity contribution >= 4 is 11.9 Å². The molecule has 1 saturated carbocycles. The lowest BCUT2D eigenvalue weighted by Gasteiger charge is -2.26. The van der Waals surface area contributed by atoms with E-state index in [2.05, 4.69) is 19.1 Å². The van der Waals surface area contributed by atoms with Crippen LogP contribution in [0.1, 0.15) is 70.1 Å². The van der Waals surface area contributed by atoms with Crippen molar-refractivity contribution in [3.63, 3.8) is 0 Å². The molecule has 2 N–H and O–H groups in total. The molecule has 0 radical (unpaired) electrons. The van der Waals surface area contributed by atoms with Gasteiger partial charge in [-0.3, -0.25) is 0 Å². The van der Waals surface area contributed by atoms with E-state index >= 15 is 0 Å². The smallest absolute Gasteiger partial charge is 0.336 e. The van der Waals surface area contributed by atoms with Crippen LogP contribution < -0.4 is 4.74 Å². The number of carbonyl (C=O) groups is 2. The van der Waals surface area contributed by atoms with Crippen molar-refractivity contribution in [3.05, 3.63) is 42.0 Å². The molecule has 1 aromatic rings. The molecule has 0 spiro atoms. The highest BCUT2D eigenvalue weighted by Crippen LogP contribution is 2.33. The van der Waals surface area contributed by atoms with Gasteiger partial charge in [0.15, 0.2) is 18.5 Å². The molecule has 0 bridgehead atoms. The predicted molar refractivity (Wildman–Crippen MR) is 118 cm³/mol. The van der Waals surface area contributed by atoms with Gasteiger partial charge < -0.3 is 24.4 Å². The van der Waals surface area contributed by atoms with Gasteiger partial charge in [-0.25, -0.2) is 9.59 Å². The first-order chi connectivity index (χ1) is 15.5. The number of benzene rings is 1. The number of carboxylic acid groups (broad SMARTS) is 2. The Bertz CT molecular complexity index is 743. The molecule has 1 saturated heterocycles. The Balaban J connectivity index is 1.40. The monoisotopic (exact) mass is 446 g/mol. The van der Waals surface area contributed by atoms with Gasteiger partial charge in [-0.05, 0) is 49.7 Å². The fraction of sp³-hybridized carbons (Fsp3) is 0.600. The van der Waals surface area contributed by atoms with Gasteiger partial charge in [-0.2, -0.15) is 0 Å². The summed E-state index contributed by atoms with van der Waals surface area (Å²) in [7, 11) is 0. The van der Waals surface area contributed by atoms with Crippen LogP contribution in [0.4, 0.5) is 0 Å². The maximum absolute atomic E-state index is 11.2. The van der Waals surface area contributed by atoms with E-state index in [1.54, 1.807) is 24.3 Å². The molecule has 1 aliphatic heterocycles. The summed E-state index contributed by atoms with van der Waals surface area (Å²) in [5, 5.41) is 18.2. The van der Waals surface area contributed by atoms with Gasteiger partial charge in [0.25, 0.3) is 0 Å². The van der Waals surface area contributed by atoms with Gasteiger partial charge in [-0.1, -0.05) is 56.9 Å². The molecule has 0 aromatic heterocycles. The first-order valence-electron chi connectivity index (χ1n) is 11.6. The average Bonchev–Trinajstić information content (AvgIpc) is 3.25. The summed E-state index contributed by atoms with van der Waals surface area (Å²) in [6.07, 6.45) is 10.8. The molecule has 32 heavy (non-hydrogen) atoms. The van der Waals surface area contributed by atoms with Crippen LogP contribution in [-0.4, -0.2) is 41.0 Å². The Labute approximate surface area is 189 Å². The van der Waals surface area contributed by atoms with Crippen LogP contribution in [0.2, 0.25) is 0 Å². The summed E-state index contributed by atoms with van der Waals surface area (Å²) in [6, 6.07) is 6.85. The third-order valence-electron chi connectivity index (χ3n) is 6.32. The van der Waals surface area contributed by atoms with Crippen molar-refractivity contribution < 1.29 is 34.0 Å². The van der Waals surface area contributed by atoms with Gasteiger partial charge in [0.2, 0.25) is 0 Å². The van der Waals surface area contributed by atoms with Crippen molar-refractivity contribution in [2.24, 2.45) is 11.8 Å². The number of carboxylic acids is 2. The largest absolute Gasteiger partial charge is 0.490 e. The Kier molecular flexibility index (Phi) is 9.11. The van der Waals surface area contributed by atoms with Gasteiger partial charge in [0.1, 0.15) is 12.4 Å². The van der Waals surface area contributed by atoms with E-state index in [1.807, 2.05) is 0 Å². The van der Waals surface area contributed by atoms with Gasteiger partial charge >= 0.3 is 11.9 Å². The molecule has 1 aliphatic carbocycles. The van der Waals surface area contributed by atoms with Crippen molar-refractivity contribution in [3.8, 4) is 5.75 Å². The average molecular weight is 447 g/mol. The summed E-state index contributed by atoms with van der Waals surface area (Å²) in [4.78, 5) is 22.4. The van der Waals surface area contributed by atoms with Crippen LogP contribution in [0.25, 0.3) is 0 Å². The maximum atomic E-state index is 11.2. The summed E-state index contributed by atoms with van der Waals surface area (Å²) in [5.74, 6) is -0.511. The van der Waals surface area contributed by atoms with Crippen LogP contribution in [0, 0.1) is 11.8 Å². The second kappa shape index (κ2) is 12.0. The van der Waals surface area contributed by atoms with E-state index in [9.17, 15) is 9.59 Å². The predicted octanol–water partition coefficient (Wildman–Crippen LogP) is 4.96. The third kappa shape index (κ3) is 6.81. The minimum absolute atomic E-state index is 0.481. The topological polar surface area (TPSA) is 102 Å². The molecule has 0 amide bonds. The van der Waals surface area contributed by atoms with E-state index in [1.165, 1.54) is 51.4 Å². The highest BCUT2D eigenvalue weighted by atomic mass is 16.7. The fourth-order valence-electron chi connectivity index (χ4n) is 4.44. The minimum Gasteiger partial charge on any atom is -0.490 e. The molecule has 2 atom stereocenters. The lowest BCUT2D eigenvalue weighted by atomic mass is 9.79. The molecule has 7 nitrogen and oxygen atoms in total. The zero-order valence-electron chi connectivity index (χ0n) is 18.7. The molecule has 2 aliphatic rings. The minimum atomic E-state index is -1.54. The summed E-state index contributed by atoms with van der Waals surface area (Å²) in [6.45, 7) is 2.73. The highest BCUT2D eigenvalue weighted by Gasteiger charge is 2.46. The quantitative estimate of drug-likeness (QED) is 0.366. The highest BCUT2D eigenvalue weighted by molar-refractivity contribution is 5.84. The number of hydrogen-bond donors (Lipinski definition) is 2. The molecule has 7 heteroatoms. The Morgan fingerprint density at radius 2 is 1.62 bits per heavy atom. The van der Waals surface area contributed by atoms with Crippen molar-refractivity contribution in [1.29, 1.82) is 0 Å². The van der Waals surface area contributed by atoms with E-state index in [0.717, 1.165) is 5.92 Å². The normalized spacial score (nSPS) is 26.4. The first kappa shape index (κ1) is 24.3. The van der Waals surface area contributed by atoms with E-state index in [-0.39, 0.29) is 0 Å². The SMILES string of the molecule is CCCCCC1CCC(/C=C/COc2ccc(C3O[C@@H](C(=O)O)[C@H](C(=O)O)O3)cc2)CC1. The number of unbranched alkanes of at least 4 members (excludes halogenated alkanes) is 2. The fourth-order valence-corrected chi connectivity index (χ4v) is 4.44. The zero-order chi connectivity index (χ0) is 22.9. The number of aliphatic carboxylic acids is 2. The first-order valence-corrected chi connectivity index (χ1v) is 11.6.